The lowest BCUT2D eigenvalue weighted by Gasteiger charge is -2.23. The van der Waals surface area contributed by atoms with Crippen LogP contribution in [-0.4, -0.2) is 49.0 Å². The summed E-state index contributed by atoms with van der Waals surface area (Å²) in [6.45, 7) is 0. The van der Waals surface area contributed by atoms with Crippen LogP contribution in [0.4, 0.5) is 5.82 Å². The number of carbonyl (C=O) groups excluding carboxylic acids is 1. The standard InChI is InChI=1S/C11H15N3O4S/c1-18-11(15)9-6-10(13-7-12-9)14-8-2-4-19(16,17)5-3-8/h6-8H,2-5H2,1H3,(H,12,13,14). The van der Waals surface area contributed by atoms with Crippen molar-refractivity contribution in [1.82, 2.24) is 9.97 Å². The number of hydrogen-bond donors (Lipinski definition) is 1. The van der Waals surface area contributed by atoms with Gasteiger partial charge in [0.2, 0.25) is 0 Å². The molecule has 0 bridgehead atoms. The minimum atomic E-state index is -2.88. The fourth-order valence-electron chi connectivity index (χ4n) is 1.90. The number of hydrogen-bond acceptors (Lipinski definition) is 7. The number of anilines is 1. The molecule has 2 rings (SSSR count). The van der Waals surface area contributed by atoms with Gasteiger partial charge in [-0.15, -0.1) is 0 Å². The molecule has 8 heteroatoms. The normalized spacial score (nSPS) is 18.8. The van der Waals surface area contributed by atoms with Crippen molar-refractivity contribution in [3.63, 3.8) is 0 Å². The molecule has 19 heavy (non-hydrogen) atoms. The number of nitrogens with one attached hydrogen (secondary N) is 1. The molecular formula is C11H15N3O4S. The van der Waals surface area contributed by atoms with E-state index < -0.39 is 15.8 Å². The number of sulfone groups is 1. The maximum absolute atomic E-state index is 11.3. The van der Waals surface area contributed by atoms with Crippen LogP contribution in [0.2, 0.25) is 0 Å². The van der Waals surface area contributed by atoms with Gasteiger partial charge in [-0.2, -0.15) is 0 Å². The lowest BCUT2D eigenvalue weighted by atomic mass is 10.1. The van der Waals surface area contributed by atoms with Crippen LogP contribution in [0.15, 0.2) is 12.4 Å². The average Bonchev–Trinajstić information content (AvgIpc) is 2.41. The Labute approximate surface area is 111 Å². The average molecular weight is 285 g/mol. The SMILES string of the molecule is COC(=O)c1cc(NC2CCS(=O)(=O)CC2)ncn1. The summed E-state index contributed by atoms with van der Waals surface area (Å²) < 4.78 is 27.2. The molecule has 0 amide bonds. The van der Waals surface area contributed by atoms with Gasteiger partial charge in [0, 0.05) is 12.1 Å². The molecule has 0 radical (unpaired) electrons. The lowest BCUT2D eigenvalue weighted by Crippen LogP contribution is -2.32. The minimum Gasteiger partial charge on any atom is -0.464 e. The number of nitrogens with zero attached hydrogens (tertiary/aromatic N) is 2. The first-order valence-electron chi connectivity index (χ1n) is 5.87. The third-order valence-corrected chi connectivity index (χ3v) is 4.68. The first-order chi connectivity index (χ1) is 9.00. The second-order valence-electron chi connectivity index (χ2n) is 4.35. The van der Waals surface area contributed by atoms with Crippen LogP contribution in [0.5, 0.6) is 0 Å². The van der Waals surface area contributed by atoms with E-state index in [1.807, 2.05) is 0 Å². The number of esters is 1. The van der Waals surface area contributed by atoms with E-state index in [9.17, 15) is 13.2 Å². The lowest BCUT2D eigenvalue weighted by molar-refractivity contribution is 0.0594. The van der Waals surface area contributed by atoms with E-state index >= 15 is 0 Å². The topological polar surface area (TPSA) is 98.2 Å². The van der Waals surface area contributed by atoms with E-state index in [2.05, 4.69) is 20.0 Å². The highest BCUT2D eigenvalue weighted by Gasteiger charge is 2.23. The van der Waals surface area contributed by atoms with Gasteiger partial charge in [-0.3, -0.25) is 0 Å². The third-order valence-electron chi connectivity index (χ3n) is 2.97. The van der Waals surface area contributed by atoms with Crippen molar-refractivity contribution in [1.29, 1.82) is 0 Å². The Morgan fingerprint density at radius 1 is 1.37 bits per heavy atom. The molecule has 1 aromatic rings. The highest BCUT2D eigenvalue weighted by molar-refractivity contribution is 7.91. The zero-order valence-corrected chi connectivity index (χ0v) is 11.3. The molecule has 0 aromatic carbocycles. The highest BCUT2D eigenvalue weighted by Crippen LogP contribution is 2.16. The molecule has 1 fully saturated rings. The number of methoxy groups -OCH3 is 1. The molecule has 0 unspecified atom stereocenters. The van der Waals surface area contributed by atoms with Crippen molar-refractivity contribution in [2.75, 3.05) is 23.9 Å². The zero-order valence-electron chi connectivity index (χ0n) is 10.5. The van der Waals surface area contributed by atoms with Crippen molar-refractivity contribution >= 4 is 21.6 Å². The van der Waals surface area contributed by atoms with Gasteiger partial charge in [0.1, 0.15) is 22.0 Å². The predicted octanol–water partition coefficient (Wildman–Crippen LogP) is 0.252. The fourth-order valence-corrected chi connectivity index (χ4v) is 3.39. The molecule has 1 aliphatic heterocycles. The second-order valence-corrected chi connectivity index (χ2v) is 6.65. The van der Waals surface area contributed by atoms with Crippen molar-refractivity contribution in [3.8, 4) is 0 Å². The predicted molar refractivity (Wildman–Crippen MR) is 68.7 cm³/mol. The van der Waals surface area contributed by atoms with Gasteiger partial charge in [0.15, 0.2) is 5.69 Å². The highest BCUT2D eigenvalue weighted by atomic mass is 32.2. The van der Waals surface area contributed by atoms with Crippen molar-refractivity contribution in [3.05, 3.63) is 18.1 Å². The second kappa shape index (κ2) is 5.52. The van der Waals surface area contributed by atoms with E-state index in [0.717, 1.165) is 0 Å². The Kier molecular flexibility index (Phi) is 3.98. The van der Waals surface area contributed by atoms with E-state index in [1.54, 1.807) is 0 Å². The molecule has 1 aliphatic rings. The van der Waals surface area contributed by atoms with Crippen molar-refractivity contribution < 1.29 is 17.9 Å². The third kappa shape index (κ3) is 3.63. The molecule has 0 atom stereocenters. The van der Waals surface area contributed by atoms with Gasteiger partial charge < -0.3 is 10.1 Å². The summed E-state index contributed by atoms with van der Waals surface area (Å²) in [4.78, 5) is 19.1. The Hall–Kier alpha value is -1.70. The Balaban J connectivity index is 2.02. The maximum atomic E-state index is 11.3. The van der Waals surface area contributed by atoms with Crippen molar-refractivity contribution in [2.24, 2.45) is 0 Å². The van der Waals surface area contributed by atoms with Crippen molar-refractivity contribution in [2.45, 2.75) is 18.9 Å². The summed E-state index contributed by atoms with van der Waals surface area (Å²) in [5.74, 6) is 0.329. The van der Waals surface area contributed by atoms with Crippen LogP contribution in [0.1, 0.15) is 23.3 Å². The Morgan fingerprint density at radius 3 is 2.68 bits per heavy atom. The van der Waals surface area contributed by atoms with Crippen LogP contribution in [0, 0.1) is 0 Å². The Bertz CT molecular complexity index is 559. The van der Waals surface area contributed by atoms with Crippen LogP contribution in [-0.2, 0) is 14.6 Å². The fraction of sp³-hybridized carbons (Fsp3) is 0.545. The molecule has 0 saturated carbocycles. The number of rotatable bonds is 3. The van der Waals surface area contributed by atoms with E-state index in [-0.39, 0.29) is 23.2 Å². The summed E-state index contributed by atoms with van der Waals surface area (Å²) in [6, 6.07) is 1.54. The largest absolute Gasteiger partial charge is 0.464 e. The van der Waals surface area contributed by atoms with E-state index in [1.165, 1.54) is 19.5 Å². The number of ether oxygens (including phenoxy) is 1. The van der Waals surface area contributed by atoms with E-state index in [4.69, 9.17) is 0 Å². The summed E-state index contributed by atoms with van der Waals surface area (Å²) in [6.07, 6.45) is 2.36. The molecule has 1 saturated heterocycles. The molecule has 7 nitrogen and oxygen atoms in total. The number of carbonyl (C=O) groups is 1. The van der Waals surface area contributed by atoms with Crippen LogP contribution >= 0.6 is 0 Å². The van der Waals surface area contributed by atoms with Gasteiger partial charge in [-0.1, -0.05) is 0 Å². The first kappa shape index (κ1) is 13.7. The van der Waals surface area contributed by atoms with Gasteiger partial charge in [0.25, 0.3) is 0 Å². The molecule has 0 spiro atoms. The summed E-state index contributed by atoms with van der Waals surface area (Å²) in [5.41, 5.74) is 0.170. The summed E-state index contributed by atoms with van der Waals surface area (Å²) in [5, 5.41) is 3.11. The quantitative estimate of drug-likeness (QED) is 0.795. The molecule has 1 aromatic heterocycles. The first-order valence-corrected chi connectivity index (χ1v) is 7.69. The van der Waals surface area contributed by atoms with Crippen LogP contribution in [0.25, 0.3) is 0 Å². The molecule has 0 aliphatic carbocycles. The summed E-state index contributed by atoms with van der Waals surface area (Å²) >= 11 is 0. The maximum Gasteiger partial charge on any atom is 0.356 e. The Morgan fingerprint density at radius 2 is 2.05 bits per heavy atom. The summed E-state index contributed by atoms with van der Waals surface area (Å²) in [7, 11) is -1.60. The van der Waals surface area contributed by atoms with Gasteiger partial charge >= 0.3 is 5.97 Å². The number of aromatic nitrogens is 2. The van der Waals surface area contributed by atoms with Gasteiger partial charge in [-0.25, -0.2) is 23.2 Å². The van der Waals surface area contributed by atoms with E-state index in [0.29, 0.717) is 18.7 Å². The molecule has 2 heterocycles. The minimum absolute atomic E-state index is 0.0453. The van der Waals surface area contributed by atoms with Crippen LogP contribution < -0.4 is 5.32 Å². The van der Waals surface area contributed by atoms with Gasteiger partial charge in [-0.05, 0) is 12.8 Å². The smallest absolute Gasteiger partial charge is 0.356 e. The van der Waals surface area contributed by atoms with Crippen LogP contribution in [0.3, 0.4) is 0 Å². The monoisotopic (exact) mass is 285 g/mol. The molecule has 104 valence electrons. The molecule has 1 N–H and O–H groups in total. The zero-order chi connectivity index (χ0) is 13.9. The van der Waals surface area contributed by atoms with Gasteiger partial charge in [0.05, 0.1) is 18.6 Å². The molecular weight excluding hydrogens is 270 g/mol.